The van der Waals surface area contributed by atoms with Gasteiger partial charge < -0.3 is 10.4 Å². The molecule has 1 heterocycles. The summed E-state index contributed by atoms with van der Waals surface area (Å²) in [5, 5.41) is 11.5. The topological polar surface area (TPSA) is 147 Å². The summed E-state index contributed by atoms with van der Waals surface area (Å²) in [5.41, 5.74) is -0.0669. The molecular formula is C18H17ClN2O7S2. The van der Waals surface area contributed by atoms with E-state index in [1.54, 1.807) is 0 Å². The summed E-state index contributed by atoms with van der Waals surface area (Å²) in [5.74, 6) is -1.97. The van der Waals surface area contributed by atoms with Gasteiger partial charge in [-0.25, -0.2) is 21.6 Å². The van der Waals surface area contributed by atoms with Crippen LogP contribution >= 0.6 is 11.6 Å². The van der Waals surface area contributed by atoms with Crippen molar-refractivity contribution in [2.75, 3.05) is 16.2 Å². The van der Waals surface area contributed by atoms with E-state index < -0.39 is 42.7 Å². The van der Waals surface area contributed by atoms with Gasteiger partial charge in [-0.05, 0) is 42.8 Å². The highest BCUT2D eigenvalue weighted by Crippen LogP contribution is 2.25. The van der Waals surface area contributed by atoms with Crippen LogP contribution in [-0.4, -0.2) is 51.4 Å². The molecule has 0 bridgehead atoms. The van der Waals surface area contributed by atoms with E-state index in [0.29, 0.717) is 6.42 Å². The van der Waals surface area contributed by atoms with Gasteiger partial charge in [-0.3, -0.25) is 9.52 Å². The number of anilines is 1. The first-order chi connectivity index (χ1) is 14.0. The zero-order chi connectivity index (χ0) is 22.1. The minimum absolute atomic E-state index is 0.00789. The van der Waals surface area contributed by atoms with Crippen LogP contribution in [0.5, 0.6) is 0 Å². The summed E-state index contributed by atoms with van der Waals surface area (Å²) in [7, 11) is -7.40. The molecule has 0 aliphatic carbocycles. The van der Waals surface area contributed by atoms with Crippen molar-refractivity contribution < 1.29 is 31.5 Å². The van der Waals surface area contributed by atoms with Gasteiger partial charge in [-0.15, -0.1) is 0 Å². The third kappa shape index (κ3) is 5.10. The fraction of sp³-hybridized carbons (Fsp3) is 0.222. The number of aromatic carboxylic acids is 1. The maximum atomic E-state index is 12.7. The van der Waals surface area contributed by atoms with Crippen molar-refractivity contribution in [2.24, 2.45) is 0 Å². The van der Waals surface area contributed by atoms with E-state index in [9.17, 15) is 26.4 Å². The molecule has 1 aliphatic rings. The summed E-state index contributed by atoms with van der Waals surface area (Å²) >= 11 is 5.93. The summed E-state index contributed by atoms with van der Waals surface area (Å²) in [4.78, 5) is 23.1. The van der Waals surface area contributed by atoms with Gasteiger partial charge >= 0.3 is 5.97 Å². The van der Waals surface area contributed by atoms with Crippen LogP contribution in [0.25, 0.3) is 0 Å². The van der Waals surface area contributed by atoms with Crippen molar-refractivity contribution in [3.8, 4) is 0 Å². The normalized spacial score (nSPS) is 18.0. The number of hydrogen-bond donors (Lipinski definition) is 3. The lowest BCUT2D eigenvalue weighted by Gasteiger charge is -2.13. The maximum absolute atomic E-state index is 12.7. The highest BCUT2D eigenvalue weighted by Gasteiger charge is 2.29. The fourth-order valence-electron chi connectivity index (χ4n) is 2.95. The van der Waals surface area contributed by atoms with Gasteiger partial charge in [0.2, 0.25) is 0 Å². The molecule has 1 saturated heterocycles. The Morgan fingerprint density at radius 3 is 2.47 bits per heavy atom. The zero-order valence-corrected chi connectivity index (χ0v) is 17.7. The molecule has 0 spiro atoms. The number of carbonyl (C=O) groups excluding carboxylic acids is 1. The van der Waals surface area contributed by atoms with Crippen LogP contribution in [0, 0.1) is 0 Å². The first kappa shape index (κ1) is 22.1. The molecule has 3 N–H and O–H groups in total. The van der Waals surface area contributed by atoms with E-state index in [1.807, 2.05) is 0 Å². The lowest BCUT2D eigenvalue weighted by atomic mass is 10.1. The van der Waals surface area contributed by atoms with Crippen molar-refractivity contribution in [3.63, 3.8) is 0 Å². The monoisotopic (exact) mass is 472 g/mol. The van der Waals surface area contributed by atoms with E-state index in [2.05, 4.69) is 10.0 Å². The van der Waals surface area contributed by atoms with E-state index in [-0.39, 0.29) is 33.3 Å². The molecule has 0 radical (unpaired) electrons. The van der Waals surface area contributed by atoms with Gasteiger partial charge in [0.15, 0.2) is 9.84 Å². The highest BCUT2D eigenvalue weighted by molar-refractivity contribution is 7.93. The van der Waals surface area contributed by atoms with E-state index in [4.69, 9.17) is 16.7 Å². The largest absolute Gasteiger partial charge is 0.478 e. The maximum Gasteiger partial charge on any atom is 0.335 e. The van der Waals surface area contributed by atoms with Gasteiger partial charge in [-0.1, -0.05) is 17.7 Å². The number of carboxylic acid groups (broad SMARTS) is 1. The van der Waals surface area contributed by atoms with Gasteiger partial charge in [-0.2, -0.15) is 0 Å². The number of sulfone groups is 1. The Morgan fingerprint density at radius 2 is 1.83 bits per heavy atom. The Morgan fingerprint density at radius 1 is 1.10 bits per heavy atom. The van der Waals surface area contributed by atoms with Crippen molar-refractivity contribution >= 4 is 49.0 Å². The molecule has 12 heteroatoms. The first-order valence-electron chi connectivity index (χ1n) is 8.64. The third-order valence-electron chi connectivity index (χ3n) is 4.41. The molecule has 1 aliphatic heterocycles. The van der Waals surface area contributed by atoms with Gasteiger partial charge in [0.05, 0.1) is 22.1 Å². The van der Waals surface area contributed by atoms with E-state index in [0.717, 1.165) is 6.07 Å². The second kappa shape index (κ2) is 8.25. The minimum Gasteiger partial charge on any atom is -0.478 e. The van der Waals surface area contributed by atoms with E-state index >= 15 is 0 Å². The molecule has 2 aromatic rings. The number of carbonyl (C=O) groups is 2. The number of halogens is 1. The molecule has 3 rings (SSSR count). The molecule has 0 aromatic heterocycles. The summed E-state index contributed by atoms with van der Waals surface area (Å²) < 4.78 is 50.7. The third-order valence-corrected chi connectivity index (χ3v) is 8.04. The van der Waals surface area contributed by atoms with Crippen LogP contribution in [0.2, 0.25) is 5.02 Å². The molecule has 9 nitrogen and oxygen atoms in total. The Balaban J connectivity index is 1.80. The van der Waals surface area contributed by atoms with Gasteiger partial charge in [0, 0.05) is 17.3 Å². The second-order valence-corrected chi connectivity index (χ2v) is 11.0. The number of sulfonamides is 1. The molecule has 2 aromatic carbocycles. The molecule has 30 heavy (non-hydrogen) atoms. The van der Waals surface area contributed by atoms with Crippen molar-refractivity contribution in [3.05, 3.63) is 58.6 Å². The average molecular weight is 473 g/mol. The fourth-order valence-corrected chi connectivity index (χ4v) is 6.20. The SMILES string of the molecule is O=C(O)c1ccc(Cl)c(S(=O)(=O)Nc2cccc(C(=O)N[C@@H]3CCS(=O)(=O)C3)c2)c1. The smallest absolute Gasteiger partial charge is 0.335 e. The van der Waals surface area contributed by atoms with Crippen LogP contribution in [0.15, 0.2) is 47.4 Å². The number of benzene rings is 2. The van der Waals surface area contributed by atoms with Crippen LogP contribution in [0.1, 0.15) is 27.1 Å². The van der Waals surface area contributed by atoms with Gasteiger partial charge in [0.25, 0.3) is 15.9 Å². The number of carboxylic acids is 1. The van der Waals surface area contributed by atoms with Crippen LogP contribution in [0.3, 0.4) is 0 Å². The Bertz CT molecular complexity index is 1230. The molecular weight excluding hydrogens is 456 g/mol. The molecule has 0 saturated carbocycles. The van der Waals surface area contributed by atoms with Gasteiger partial charge in [0.1, 0.15) is 4.90 Å². The lowest BCUT2D eigenvalue weighted by molar-refractivity contribution is 0.0696. The first-order valence-corrected chi connectivity index (χ1v) is 12.3. The molecule has 1 amide bonds. The Labute approximate surface area is 178 Å². The number of amides is 1. The van der Waals surface area contributed by atoms with Crippen molar-refractivity contribution in [1.29, 1.82) is 0 Å². The average Bonchev–Trinajstić information content (AvgIpc) is 2.99. The highest BCUT2D eigenvalue weighted by atomic mass is 35.5. The predicted octanol–water partition coefficient (Wildman–Crippen LogP) is 1.76. The number of hydrogen-bond acceptors (Lipinski definition) is 6. The summed E-state index contributed by atoms with van der Waals surface area (Å²) in [6.07, 6.45) is 0.318. The van der Waals surface area contributed by atoms with Crippen molar-refractivity contribution in [2.45, 2.75) is 17.4 Å². The predicted molar refractivity (Wildman–Crippen MR) is 110 cm³/mol. The van der Waals surface area contributed by atoms with Crippen LogP contribution in [-0.2, 0) is 19.9 Å². The Hall–Kier alpha value is -2.63. The van der Waals surface area contributed by atoms with Crippen molar-refractivity contribution in [1.82, 2.24) is 5.32 Å². The quantitative estimate of drug-likeness (QED) is 0.580. The molecule has 160 valence electrons. The lowest BCUT2D eigenvalue weighted by Crippen LogP contribution is -2.35. The number of rotatable bonds is 6. The standard InChI is InChI=1S/C18H17ClN2O7S2/c19-15-5-4-12(18(23)24)9-16(15)30(27,28)21-13-3-1-2-11(8-13)17(22)20-14-6-7-29(25,26)10-14/h1-5,8-9,14,21H,6-7,10H2,(H,20,22)(H,23,24)/t14-/m1/s1. The Kier molecular flexibility index (Phi) is 6.06. The molecule has 1 fully saturated rings. The zero-order valence-electron chi connectivity index (χ0n) is 15.3. The summed E-state index contributed by atoms with van der Waals surface area (Å²) in [6, 6.07) is 8.37. The molecule has 0 unspecified atom stereocenters. The summed E-state index contributed by atoms with van der Waals surface area (Å²) in [6.45, 7) is 0. The second-order valence-electron chi connectivity index (χ2n) is 6.71. The van der Waals surface area contributed by atoms with Crippen LogP contribution in [0.4, 0.5) is 5.69 Å². The molecule has 1 atom stereocenters. The van der Waals surface area contributed by atoms with Crippen LogP contribution < -0.4 is 10.0 Å². The number of nitrogens with one attached hydrogen (secondary N) is 2. The van der Waals surface area contributed by atoms with E-state index in [1.165, 1.54) is 36.4 Å². The minimum atomic E-state index is -4.24.